The van der Waals surface area contributed by atoms with Crippen LogP contribution in [0, 0.1) is 0 Å². The fourth-order valence-corrected chi connectivity index (χ4v) is 1.68. The van der Waals surface area contributed by atoms with Gasteiger partial charge in [-0.2, -0.15) is 0 Å². The van der Waals surface area contributed by atoms with E-state index in [1.165, 1.54) is 0 Å². The van der Waals surface area contributed by atoms with E-state index in [4.69, 9.17) is 5.73 Å². The Labute approximate surface area is 103 Å². The summed E-state index contributed by atoms with van der Waals surface area (Å²) in [5, 5.41) is 0. The van der Waals surface area contributed by atoms with Gasteiger partial charge in [0.05, 0.1) is 11.4 Å². The standard InChI is InChI=1S/C13H21N3O/c1-4-16(10-9-13(17)15(2)3)12-8-6-5-7-11(12)14/h5-8H,4,9-10,14H2,1-3H3. The van der Waals surface area contributed by atoms with Crippen LogP contribution in [0.15, 0.2) is 24.3 Å². The van der Waals surface area contributed by atoms with Crippen molar-refractivity contribution in [3.63, 3.8) is 0 Å². The molecule has 0 saturated heterocycles. The topological polar surface area (TPSA) is 49.6 Å². The van der Waals surface area contributed by atoms with Crippen molar-refractivity contribution in [2.75, 3.05) is 37.8 Å². The Bertz CT molecular complexity index is 377. The van der Waals surface area contributed by atoms with Crippen molar-refractivity contribution in [1.29, 1.82) is 0 Å². The van der Waals surface area contributed by atoms with E-state index in [-0.39, 0.29) is 5.91 Å². The predicted molar refractivity (Wildman–Crippen MR) is 72.1 cm³/mol. The lowest BCUT2D eigenvalue weighted by Crippen LogP contribution is -2.30. The number of hydrogen-bond donors (Lipinski definition) is 1. The third-order valence-electron chi connectivity index (χ3n) is 2.75. The molecule has 0 aliphatic rings. The van der Waals surface area contributed by atoms with Crippen molar-refractivity contribution >= 4 is 17.3 Å². The molecule has 0 aliphatic carbocycles. The molecule has 17 heavy (non-hydrogen) atoms. The van der Waals surface area contributed by atoms with Crippen LogP contribution in [0.25, 0.3) is 0 Å². The van der Waals surface area contributed by atoms with Gasteiger partial charge in [-0.05, 0) is 19.1 Å². The van der Waals surface area contributed by atoms with Gasteiger partial charge in [-0.1, -0.05) is 12.1 Å². The fraction of sp³-hybridized carbons (Fsp3) is 0.462. The van der Waals surface area contributed by atoms with E-state index in [0.29, 0.717) is 13.0 Å². The van der Waals surface area contributed by atoms with Gasteiger partial charge >= 0.3 is 0 Å². The summed E-state index contributed by atoms with van der Waals surface area (Å²) in [4.78, 5) is 15.3. The number of benzene rings is 1. The van der Waals surface area contributed by atoms with Gasteiger partial charge in [0.25, 0.3) is 0 Å². The van der Waals surface area contributed by atoms with Crippen LogP contribution >= 0.6 is 0 Å². The Balaban J connectivity index is 2.67. The van der Waals surface area contributed by atoms with Crippen LogP contribution in [-0.4, -0.2) is 38.0 Å². The number of amides is 1. The maximum Gasteiger partial charge on any atom is 0.223 e. The summed E-state index contributed by atoms with van der Waals surface area (Å²) in [6, 6.07) is 7.74. The normalized spacial score (nSPS) is 10.1. The second-order valence-corrected chi connectivity index (χ2v) is 4.18. The SMILES string of the molecule is CCN(CCC(=O)N(C)C)c1ccccc1N. The molecule has 0 spiro atoms. The molecule has 0 atom stereocenters. The lowest BCUT2D eigenvalue weighted by molar-refractivity contribution is -0.128. The summed E-state index contributed by atoms with van der Waals surface area (Å²) in [6.45, 7) is 3.60. The van der Waals surface area contributed by atoms with Crippen molar-refractivity contribution in [3.8, 4) is 0 Å². The Morgan fingerprint density at radius 2 is 1.94 bits per heavy atom. The van der Waals surface area contributed by atoms with Crippen molar-refractivity contribution in [2.45, 2.75) is 13.3 Å². The number of para-hydroxylation sites is 2. The highest BCUT2D eigenvalue weighted by atomic mass is 16.2. The Morgan fingerprint density at radius 3 is 2.47 bits per heavy atom. The highest BCUT2D eigenvalue weighted by Gasteiger charge is 2.10. The molecule has 2 N–H and O–H groups in total. The maximum absolute atomic E-state index is 11.5. The van der Waals surface area contributed by atoms with E-state index in [9.17, 15) is 4.79 Å². The summed E-state index contributed by atoms with van der Waals surface area (Å²) >= 11 is 0. The summed E-state index contributed by atoms with van der Waals surface area (Å²) in [7, 11) is 3.55. The number of hydrogen-bond acceptors (Lipinski definition) is 3. The lowest BCUT2D eigenvalue weighted by atomic mass is 10.2. The number of anilines is 2. The molecule has 0 bridgehead atoms. The zero-order valence-electron chi connectivity index (χ0n) is 10.8. The third kappa shape index (κ3) is 3.66. The Hall–Kier alpha value is -1.71. The zero-order valence-corrected chi connectivity index (χ0v) is 10.8. The minimum atomic E-state index is 0.137. The molecule has 1 amide bonds. The number of nitrogen functional groups attached to an aromatic ring is 1. The van der Waals surface area contributed by atoms with E-state index in [0.717, 1.165) is 17.9 Å². The molecule has 0 saturated carbocycles. The van der Waals surface area contributed by atoms with Crippen LogP contribution < -0.4 is 10.6 Å². The van der Waals surface area contributed by atoms with Crippen molar-refractivity contribution in [2.24, 2.45) is 0 Å². The minimum Gasteiger partial charge on any atom is -0.397 e. The van der Waals surface area contributed by atoms with E-state index in [1.54, 1.807) is 19.0 Å². The number of rotatable bonds is 5. The number of nitrogens with zero attached hydrogens (tertiary/aromatic N) is 2. The fourth-order valence-electron chi connectivity index (χ4n) is 1.68. The first-order chi connectivity index (χ1) is 8.06. The van der Waals surface area contributed by atoms with Gasteiger partial charge in [0.15, 0.2) is 0 Å². The molecular weight excluding hydrogens is 214 g/mol. The highest BCUT2D eigenvalue weighted by molar-refractivity contribution is 5.76. The van der Waals surface area contributed by atoms with Crippen LogP contribution in [0.5, 0.6) is 0 Å². The van der Waals surface area contributed by atoms with Crippen molar-refractivity contribution in [3.05, 3.63) is 24.3 Å². The molecular formula is C13H21N3O. The number of nitrogens with two attached hydrogens (primary N) is 1. The number of carbonyl (C=O) groups excluding carboxylic acids is 1. The van der Waals surface area contributed by atoms with Crippen LogP contribution in [-0.2, 0) is 4.79 Å². The summed E-state index contributed by atoms with van der Waals surface area (Å²) in [6.07, 6.45) is 0.509. The molecule has 0 radical (unpaired) electrons. The van der Waals surface area contributed by atoms with E-state index in [1.807, 2.05) is 24.3 Å². The summed E-state index contributed by atoms with van der Waals surface area (Å²) < 4.78 is 0. The lowest BCUT2D eigenvalue weighted by Gasteiger charge is -2.24. The van der Waals surface area contributed by atoms with Gasteiger partial charge in [0, 0.05) is 33.6 Å². The molecule has 0 aromatic heterocycles. The molecule has 0 heterocycles. The second-order valence-electron chi connectivity index (χ2n) is 4.18. The summed E-state index contributed by atoms with van der Waals surface area (Å²) in [5.74, 6) is 0.137. The molecule has 94 valence electrons. The quantitative estimate of drug-likeness (QED) is 0.788. The first kappa shape index (κ1) is 13.4. The molecule has 0 fully saturated rings. The first-order valence-electron chi connectivity index (χ1n) is 5.85. The van der Waals surface area contributed by atoms with Crippen LogP contribution in [0.2, 0.25) is 0 Å². The van der Waals surface area contributed by atoms with E-state index >= 15 is 0 Å². The molecule has 0 aliphatic heterocycles. The number of carbonyl (C=O) groups is 1. The summed E-state index contributed by atoms with van der Waals surface area (Å²) in [5.41, 5.74) is 7.68. The molecule has 1 aromatic rings. The van der Waals surface area contributed by atoms with Gasteiger partial charge < -0.3 is 15.5 Å². The minimum absolute atomic E-state index is 0.137. The third-order valence-corrected chi connectivity index (χ3v) is 2.75. The molecule has 1 rings (SSSR count). The average Bonchev–Trinajstić information content (AvgIpc) is 2.31. The maximum atomic E-state index is 11.5. The van der Waals surface area contributed by atoms with Crippen LogP contribution in [0.1, 0.15) is 13.3 Å². The largest absolute Gasteiger partial charge is 0.397 e. The molecule has 0 unspecified atom stereocenters. The molecule has 1 aromatic carbocycles. The monoisotopic (exact) mass is 235 g/mol. The van der Waals surface area contributed by atoms with E-state index in [2.05, 4.69) is 11.8 Å². The van der Waals surface area contributed by atoms with Gasteiger partial charge in [-0.3, -0.25) is 4.79 Å². The average molecular weight is 235 g/mol. The van der Waals surface area contributed by atoms with Crippen LogP contribution in [0.4, 0.5) is 11.4 Å². The Kier molecular flexibility index (Phi) is 4.82. The van der Waals surface area contributed by atoms with Crippen molar-refractivity contribution in [1.82, 2.24) is 4.90 Å². The molecule has 4 nitrogen and oxygen atoms in total. The predicted octanol–water partition coefficient (Wildman–Crippen LogP) is 1.57. The van der Waals surface area contributed by atoms with E-state index < -0.39 is 0 Å². The van der Waals surface area contributed by atoms with Gasteiger partial charge in [0.1, 0.15) is 0 Å². The van der Waals surface area contributed by atoms with Gasteiger partial charge in [0.2, 0.25) is 5.91 Å². The van der Waals surface area contributed by atoms with Crippen LogP contribution in [0.3, 0.4) is 0 Å². The highest BCUT2D eigenvalue weighted by Crippen LogP contribution is 2.22. The smallest absolute Gasteiger partial charge is 0.223 e. The first-order valence-corrected chi connectivity index (χ1v) is 5.85. The Morgan fingerprint density at radius 1 is 1.29 bits per heavy atom. The van der Waals surface area contributed by atoms with Gasteiger partial charge in [-0.15, -0.1) is 0 Å². The molecule has 4 heteroatoms. The second kappa shape index (κ2) is 6.13. The zero-order chi connectivity index (χ0) is 12.8. The van der Waals surface area contributed by atoms with Crippen molar-refractivity contribution < 1.29 is 4.79 Å². The van der Waals surface area contributed by atoms with Gasteiger partial charge in [-0.25, -0.2) is 0 Å².